The second-order valence-electron chi connectivity index (χ2n) is 10.8. The highest BCUT2D eigenvalue weighted by Crippen LogP contribution is 2.41. The van der Waals surface area contributed by atoms with Gasteiger partial charge in [0.25, 0.3) is 0 Å². The SMILES string of the molecule is C[N+](C)(C)CCP(=O)(O)OCCCCCCCCCCCCCCCCOC1CCCCO1. The highest BCUT2D eigenvalue weighted by atomic mass is 31.2. The van der Waals surface area contributed by atoms with Gasteiger partial charge in [-0.25, -0.2) is 0 Å². The minimum atomic E-state index is -3.41. The van der Waals surface area contributed by atoms with Crippen LogP contribution in [0.4, 0.5) is 0 Å². The number of ether oxygens (including phenoxy) is 2. The fourth-order valence-electron chi connectivity index (χ4n) is 4.08. The van der Waals surface area contributed by atoms with Crippen molar-refractivity contribution >= 4 is 7.60 Å². The molecular weight excluding hydrogens is 437 g/mol. The smallest absolute Gasteiger partial charge is 0.333 e. The van der Waals surface area contributed by atoms with Crippen molar-refractivity contribution in [2.45, 2.75) is 115 Å². The topological polar surface area (TPSA) is 65.0 Å². The first-order valence-corrected chi connectivity index (χ1v) is 15.5. The van der Waals surface area contributed by atoms with Crippen LogP contribution < -0.4 is 0 Å². The van der Waals surface area contributed by atoms with Crippen LogP contribution in [0.25, 0.3) is 0 Å². The maximum absolute atomic E-state index is 12.0. The molecule has 0 aliphatic carbocycles. The van der Waals surface area contributed by atoms with Gasteiger partial charge in [0.1, 0.15) is 0 Å². The van der Waals surface area contributed by atoms with E-state index in [1.807, 2.05) is 21.1 Å². The zero-order chi connectivity index (χ0) is 24.3. The maximum atomic E-state index is 12.0. The molecule has 1 saturated heterocycles. The Kier molecular flexibility index (Phi) is 18.1. The van der Waals surface area contributed by atoms with Gasteiger partial charge in [0.15, 0.2) is 6.29 Å². The van der Waals surface area contributed by atoms with E-state index in [-0.39, 0.29) is 12.5 Å². The van der Waals surface area contributed by atoms with Crippen LogP contribution >= 0.6 is 7.60 Å². The fraction of sp³-hybridized carbons (Fsp3) is 1.00. The number of quaternary nitrogens is 1. The average Bonchev–Trinajstić information content (AvgIpc) is 2.77. The Bertz CT molecular complexity index is 492. The highest BCUT2D eigenvalue weighted by Gasteiger charge is 2.23. The van der Waals surface area contributed by atoms with E-state index in [1.54, 1.807) is 0 Å². The summed E-state index contributed by atoms with van der Waals surface area (Å²) in [4.78, 5) is 9.86. The third-order valence-corrected chi connectivity index (χ3v) is 7.68. The second kappa shape index (κ2) is 19.2. The summed E-state index contributed by atoms with van der Waals surface area (Å²) in [7, 11) is 2.65. The third-order valence-electron chi connectivity index (χ3n) is 6.33. The molecule has 1 aliphatic heterocycles. The molecule has 0 amide bonds. The molecule has 2 unspecified atom stereocenters. The van der Waals surface area contributed by atoms with Crippen molar-refractivity contribution in [3.63, 3.8) is 0 Å². The quantitative estimate of drug-likeness (QED) is 0.101. The molecular formula is C26H55NO5P+. The van der Waals surface area contributed by atoms with Crippen molar-refractivity contribution in [2.75, 3.05) is 53.7 Å². The van der Waals surface area contributed by atoms with Crippen molar-refractivity contribution < 1.29 is 27.9 Å². The van der Waals surface area contributed by atoms with Crippen LogP contribution in [0.5, 0.6) is 0 Å². The Morgan fingerprint density at radius 2 is 1.27 bits per heavy atom. The van der Waals surface area contributed by atoms with Gasteiger partial charge in [0.2, 0.25) is 0 Å². The van der Waals surface area contributed by atoms with Crippen LogP contribution in [0.1, 0.15) is 109 Å². The largest absolute Gasteiger partial charge is 0.353 e. The molecule has 2 atom stereocenters. The van der Waals surface area contributed by atoms with E-state index in [1.165, 1.54) is 89.9 Å². The van der Waals surface area contributed by atoms with Crippen LogP contribution in [0.15, 0.2) is 0 Å². The number of unbranched alkanes of at least 4 members (excludes halogenated alkanes) is 13. The molecule has 0 saturated carbocycles. The van der Waals surface area contributed by atoms with Gasteiger partial charge in [-0.3, -0.25) is 4.57 Å². The van der Waals surface area contributed by atoms with Crippen LogP contribution in [-0.2, 0) is 18.6 Å². The lowest BCUT2D eigenvalue weighted by Gasteiger charge is -2.24. The Hall–Kier alpha value is 0.0300. The standard InChI is InChI=1S/C26H54NO5P/c1-27(2,3)21-25-33(28,29)32-24-18-15-13-11-9-7-5-4-6-8-10-12-14-17-22-30-26-20-16-19-23-31-26/h26H,4-25H2,1-3H3/p+1. The second-order valence-corrected chi connectivity index (χ2v) is 12.8. The van der Waals surface area contributed by atoms with Gasteiger partial charge in [-0.2, -0.15) is 0 Å². The minimum absolute atomic E-state index is 0.0714. The van der Waals surface area contributed by atoms with E-state index >= 15 is 0 Å². The highest BCUT2D eigenvalue weighted by molar-refractivity contribution is 7.52. The summed E-state index contributed by atoms with van der Waals surface area (Å²) < 4.78 is 29.3. The molecule has 0 radical (unpaired) electrons. The molecule has 1 N–H and O–H groups in total. The van der Waals surface area contributed by atoms with Gasteiger partial charge < -0.3 is 23.4 Å². The molecule has 0 bridgehead atoms. The zero-order valence-corrected chi connectivity index (χ0v) is 23.0. The lowest BCUT2D eigenvalue weighted by Crippen LogP contribution is -2.37. The van der Waals surface area contributed by atoms with Crippen LogP contribution in [0.3, 0.4) is 0 Å². The molecule has 1 heterocycles. The Morgan fingerprint density at radius 3 is 1.73 bits per heavy atom. The van der Waals surface area contributed by atoms with Gasteiger partial charge in [-0.15, -0.1) is 0 Å². The van der Waals surface area contributed by atoms with E-state index in [9.17, 15) is 9.46 Å². The van der Waals surface area contributed by atoms with Crippen molar-refractivity contribution in [2.24, 2.45) is 0 Å². The zero-order valence-electron chi connectivity index (χ0n) is 22.1. The van der Waals surface area contributed by atoms with Crippen molar-refractivity contribution in [3.8, 4) is 0 Å². The molecule has 198 valence electrons. The van der Waals surface area contributed by atoms with E-state index < -0.39 is 7.60 Å². The molecule has 0 aromatic rings. The van der Waals surface area contributed by atoms with E-state index in [0.717, 1.165) is 32.5 Å². The van der Waals surface area contributed by atoms with E-state index in [0.29, 0.717) is 17.6 Å². The predicted molar refractivity (Wildman–Crippen MR) is 138 cm³/mol. The van der Waals surface area contributed by atoms with Crippen molar-refractivity contribution in [1.82, 2.24) is 0 Å². The summed E-state index contributed by atoms with van der Waals surface area (Å²) in [6, 6.07) is 0. The van der Waals surface area contributed by atoms with Crippen molar-refractivity contribution in [1.29, 1.82) is 0 Å². The molecule has 1 aliphatic rings. The molecule has 0 aromatic heterocycles. The van der Waals surface area contributed by atoms with Gasteiger partial charge in [-0.1, -0.05) is 77.0 Å². The van der Waals surface area contributed by atoms with E-state index in [4.69, 9.17) is 14.0 Å². The summed E-state index contributed by atoms with van der Waals surface area (Å²) in [5, 5.41) is 0. The summed E-state index contributed by atoms with van der Waals surface area (Å²) in [6.07, 6.45) is 21.5. The summed E-state index contributed by atoms with van der Waals surface area (Å²) >= 11 is 0. The Balaban J connectivity index is 1.74. The monoisotopic (exact) mass is 492 g/mol. The first-order chi connectivity index (χ1) is 15.8. The predicted octanol–water partition coefficient (Wildman–Crippen LogP) is 6.90. The number of rotatable bonds is 22. The van der Waals surface area contributed by atoms with Crippen LogP contribution in [-0.4, -0.2) is 69.3 Å². The van der Waals surface area contributed by atoms with Crippen molar-refractivity contribution in [3.05, 3.63) is 0 Å². The average molecular weight is 493 g/mol. The van der Waals surface area contributed by atoms with E-state index in [2.05, 4.69) is 0 Å². The lowest BCUT2D eigenvalue weighted by atomic mass is 10.0. The number of nitrogens with zero attached hydrogens (tertiary/aromatic N) is 1. The van der Waals surface area contributed by atoms with Gasteiger partial charge >= 0.3 is 7.60 Å². The molecule has 1 fully saturated rings. The first-order valence-electron chi connectivity index (χ1n) is 13.8. The third kappa shape index (κ3) is 21.1. The maximum Gasteiger partial charge on any atom is 0.333 e. The van der Waals surface area contributed by atoms with Gasteiger partial charge in [0.05, 0.1) is 40.5 Å². The number of hydrogen-bond donors (Lipinski definition) is 1. The fourth-order valence-corrected chi connectivity index (χ4v) is 5.48. The summed E-state index contributed by atoms with van der Waals surface area (Å²) in [5.74, 6) is 0. The van der Waals surface area contributed by atoms with Crippen LogP contribution in [0.2, 0.25) is 0 Å². The molecule has 33 heavy (non-hydrogen) atoms. The molecule has 6 nitrogen and oxygen atoms in total. The van der Waals surface area contributed by atoms with Gasteiger partial charge in [-0.05, 0) is 32.1 Å². The summed E-state index contributed by atoms with van der Waals surface area (Å²) in [5.41, 5.74) is 0. The molecule has 0 aromatic carbocycles. The Morgan fingerprint density at radius 1 is 0.788 bits per heavy atom. The Labute approximate surface area is 204 Å². The molecule has 1 rings (SSSR count). The number of hydrogen-bond acceptors (Lipinski definition) is 4. The normalized spacial score (nSPS) is 19.0. The minimum Gasteiger partial charge on any atom is -0.353 e. The summed E-state index contributed by atoms with van der Waals surface area (Å²) in [6.45, 7) is 2.79. The van der Waals surface area contributed by atoms with Gasteiger partial charge in [0, 0.05) is 13.2 Å². The lowest BCUT2D eigenvalue weighted by molar-refractivity contribution is -0.867. The molecule has 0 spiro atoms. The first kappa shape index (κ1) is 31.1. The molecule has 7 heteroatoms. The van der Waals surface area contributed by atoms with Crippen LogP contribution in [0, 0.1) is 0 Å².